The lowest BCUT2D eigenvalue weighted by Gasteiger charge is -2.35. The summed E-state index contributed by atoms with van der Waals surface area (Å²) in [5.74, 6) is -1.26. The largest absolute Gasteiger partial charge is 0.503 e. The zero-order chi connectivity index (χ0) is 23.5. The number of benzene rings is 2. The molecule has 2 atom stereocenters. The van der Waals surface area contributed by atoms with Crippen LogP contribution < -0.4 is 4.74 Å². The number of hydrogen-bond donors (Lipinski definition) is 1. The highest BCUT2D eigenvalue weighted by atomic mass is 79.9. The molecule has 1 aliphatic carbocycles. The summed E-state index contributed by atoms with van der Waals surface area (Å²) in [6, 6.07) is 12.9. The van der Waals surface area contributed by atoms with Gasteiger partial charge < -0.3 is 14.6 Å². The molecular formula is C26H26BrNO5. The molecule has 7 heteroatoms. The summed E-state index contributed by atoms with van der Waals surface area (Å²) >= 11 is 3.39. The van der Waals surface area contributed by atoms with E-state index < -0.39 is 17.8 Å². The Morgan fingerprint density at radius 3 is 2.67 bits per heavy atom. The number of Topliss-reactive ketones (excluding diaryl/α,β-unsaturated/α-hetero) is 1. The first kappa shape index (κ1) is 23.2. The topological polar surface area (TPSA) is 85.2 Å². The normalized spacial score (nSPS) is 20.2. The minimum atomic E-state index is -0.565. The Morgan fingerprint density at radius 2 is 1.94 bits per heavy atom. The smallest absolute Gasteiger partial charge is 0.336 e. The Kier molecular flexibility index (Phi) is 6.98. The number of esters is 1. The summed E-state index contributed by atoms with van der Waals surface area (Å²) in [6.45, 7) is 4.10. The second-order valence-electron chi connectivity index (χ2n) is 8.22. The molecule has 0 spiro atoms. The van der Waals surface area contributed by atoms with Crippen molar-refractivity contribution in [3.8, 4) is 11.5 Å². The minimum absolute atomic E-state index is 0.0193. The second-order valence-corrected chi connectivity index (χ2v) is 9.08. The van der Waals surface area contributed by atoms with Crippen LogP contribution in [-0.4, -0.2) is 29.2 Å². The van der Waals surface area contributed by atoms with Crippen molar-refractivity contribution in [2.45, 2.75) is 45.6 Å². The van der Waals surface area contributed by atoms with E-state index in [1.54, 1.807) is 19.1 Å². The van der Waals surface area contributed by atoms with Gasteiger partial charge in [-0.1, -0.05) is 30.3 Å². The lowest BCUT2D eigenvalue weighted by molar-refractivity contribution is -0.140. The van der Waals surface area contributed by atoms with Crippen LogP contribution in [0.5, 0.6) is 11.5 Å². The van der Waals surface area contributed by atoms with E-state index in [9.17, 15) is 14.7 Å². The van der Waals surface area contributed by atoms with Crippen molar-refractivity contribution in [2.24, 2.45) is 10.9 Å². The molecule has 1 aliphatic heterocycles. The highest BCUT2D eigenvalue weighted by molar-refractivity contribution is 9.10. The molecular weight excluding hydrogens is 486 g/mol. The highest BCUT2D eigenvalue weighted by Gasteiger charge is 2.44. The average Bonchev–Trinajstić information content (AvgIpc) is 2.80. The van der Waals surface area contributed by atoms with E-state index in [2.05, 4.69) is 20.9 Å². The zero-order valence-electron chi connectivity index (χ0n) is 18.6. The van der Waals surface area contributed by atoms with Crippen LogP contribution in [-0.2, 0) is 20.9 Å². The molecule has 1 saturated carbocycles. The van der Waals surface area contributed by atoms with Crippen molar-refractivity contribution in [1.29, 1.82) is 0 Å². The van der Waals surface area contributed by atoms with Gasteiger partial charge in [-0.25, -0.2) is 4.79 Å². The Bertz CT molecular complexity index is 1140. The molecule has 1 unspecified atom stereocenters. The van der Waals surface area contributed by atoms with Crippen LogP contribution in [0.1, 0.15) is 50.2 Å². The number of aromatic hydroxyl groups is 1. The van der Waals surface area contributed by atoms with E-state index in [1.807, 2.05) is 37.3 Å². The van der Waals surface area contributed by atoms with Crippen LogP contribution in [0.3, 0.4) is 0 Å². The minimum Gasteiger partial charge on any atom is -0.503 e. The van der Waals surface area contributed by atoms with Crippen molar-refractivity contribution in [2.75, 3.05) is 6.61 Å². The van der Waals surface area contributed by atoms with Gasteiger partial charge in [0.2, 0.25) is 0 Å². The molecule has 1 N–H and O–H groups in total. The van der Waals surface area contributed by atoms with Crippen LogP contribution in [0.2, 0.25) is 0 Å². The van der Waals surface area contributed by atoms with Crippen molar-refractivity contribution in [1.82, 2.24) is 0 Å². The van der Waals surface area contributed by atoms with Crippen LogP contribution in [0.15, 0.2) is 63.2 Å². The Morgan fingerprint density at radius 1 is 1.18 bits per heavy atom. The van der Waals surface area contributed by atoms with Gasteiger partial charge in [-0.05, 0) is 65.9 Å². The fraction of sp³-hybridized carbons (Fsp3) is 0.346. The Balaban J connectivity index is 1.77. The van der Waals surface area contributed by atoms with E-state index >= 15 is 0 Å². The predicted molar refractivity (Wildman–Crippen MR) is 128 cm³/mol. The summed E-state index contributed by atoms with van der Waals surface area (Å²) in [7, 11) is 0. The third-order valence-electron chi connectivity index (χ3n) is 6.05. The maximum Gasteiger partial charge on any atom is 0.336 e. The van der Waals surface area contributed by atoms with Gasteiger partial charge in [0.1, 0.15) is 12.4 Å². The van der Waals surface area contributed by atoms with Gasteiger partial charge >= 0.3 is 5.97 Å². The van der Waals surface area contributed by atoms with Gasteiger partial charge in [0, 0.05) is 23.7 Å². The molecule has 0 saturated heterocycles. The van der Waals surface area contributed by atoms with E-state index in [1.165, 1.54) is 0 Å². The Labute approximate surface area is 201 Å². The summed E-state index contributed by atoms with van der Waals surface area (Å²) in [4.78, 5) is 31.1. The third kappa shape index (κ3) is 4.74. The van der Waals surface area contributed by atoms with E-state index in [-0.39, 0.29) is 18.1 Å². The quantitative estimate of drug-likeness (QED) is 0.519. The van der Waals surface area contributed by atoms with Gasteiger partial charge in [-0.3, -0.25) is 9.79 Å². The molecule has 2 aromatic carbocycles. The summed E-state index contributed by atoms with van der Waals surface area (Å²) in [5.41, 5.74) is 3.30. The number of carbonyl (C=O) groups is 2. The zero-order valence-corrected chi connectivity index (χ0v) is 20.2. The Hall–Kier alpha value is -2.93. The molecule has 1 heterocycles. The fourth-order valence-electron chi connectivity index (χ4n) is 4.59. The van der Waals surface area contributed by atoms with Crippen LogP contribution in [0.4, 0.5) is 0 Å². The third-order valence-corrected chi connectivity index (χ3v) is 6.65. The molecule has 4 rings (SSSR count). The number of ketones is 1. The second kappa shape index (κ2) is 9.91. The molecule has 2 aromatic rings. The van der Waals surface area contributed by atoms with E-state index in [0.717, 1.165) is 17.7 Å². The predicted octanol–water partition coefficient (Wildman–Crippen LogP) is 5.48. The summed E-state index contributed by atoms with van der Waals surface area (Å²) in [6.07, 6.45) is 1.92. The van der Waals surface area contributed by atoms with Crippen molar-refractivity contribution < 1.29 is 24.2 Å². The van der Waals surface area contributed by atoms with Gasteiger partial charge in [0.25, 0.3) is 0 Å². The van der Waals surface area contributed by atoms with Gasteiger partial charge in [0.15, 0.2) is 11.5 Å². The number of halogens is 1. The first-order valence-corrected chi connectivity index (χ1v) is 11.9. The molecule has 33 heavy (non-hydrogen) atoms. The lowest BCUT2D eigenvalue weighted by atomic mass is 9.69. The molecule has 172 valence electrons. The average molecular weight is 512 g/mol. The number of phenolic OH excluding ortho intramolecular Hbond substituents is 1. The summed E-state index contributed by atoms with van der Waals surface area (Å²) < 4.78 is 11.7. The maximum atomic E-state index is 13.4. The molecule has 0 bridgehead atoms. The highest BCUT2D eigenvalue weighted by Crippen LogP contribution is 2.46. The fourth-order valence-corrected chi connectivity index (χ4v) is 5.04. The SMILES string of the molecule is CCOc1cc([C@H]2C(C(=O)OCc3ccccc3)=C(C)N=C3CCCC(=O)C32)cc(Br)c1O. The number of allylic oxidation sites excluding steroid dienone is 1. The number of phenols is 1. The van der Waals surface area contributed by atoms with Crippen molar-refractivity contribution in [3.05, 3.63) is 69.3 Å². The van der Waals surface area contributed by atoms with Crippen molar-refractivity contribution in [3.63, 3.8) is 0 Å². The first-order chi connectivity index (χ1) is 15.9. The number of hydrogen-bond acceptors (Lipinski definition) is 6. The van der Waals surface area contributed by atoms with Crippen LogP contribution in [0.25, 0.3) is 0 Å². The number of carbonyl (C=O) groups excluding carboxylic acids is 2. The maximum absolute atomic E-state index is 13.4. The molecule has 1 fully saturated rings. The van der Waals surface area contributed by atoms with Crippen LogP contribution >= 0.6 is 15.9 Å². The molecule has 0 radical (unpaired) electrons. The number of ether oxygens (including phenoxy) is 2. The van der Waals surface area contributed by atoms with Crippen LogP contribution in [0, 0.1) is 5.92 Å². The lowest BCUT2D eigenvalue weighted by Crippen LogP contribution is -2.39. The first-order valence-electron chi connectivity index (χ1n) is 11.1. The molecule has 2 aliphatic rings. The monoisotopic (exact) mass is 511 g/mol. The standard InChI is InChI=1S/C26H26BrNO5/c1-3-32-21-13-17(12-18(27)25(21)30)23-22(26(31)33-14-16-8-5-4-6-9-16)15(2)28-19-10-7-11-20(29)24(19)23/h4-6,8-9,12-13,23-24,30H,3,7,10-11,14H2,1-2H3/t23-,24?/m0/s1. The van der Waals surface area contributed by atoms with E-state index in [4.69, 9.17) is 9.47 Å². The van der Waals surface area contributed by atoms with Gasteiger partial charge in [-0.2, -0.15) is 0 Å². The van der Waals surface area contributed by atoms with Gasteiger partial charge in [0.05, 0.1) is 22.6 Å². The van der Waals surface area contributed by atoms with Gasteiger partial charge in [-0.15, -0.1) is 0 Å². The molecule has 6 nitrogen and oxygen atoms in total. The number of fused-ring (bicyclic) bond motifs is 1. The summed E-state index contributed by atoms with van der Waals surface area (Å²) in [5, 5.41) is 10.4. The number of rotatable bonds is 6. The van der Waals surface area contributed by atoms with Crippen molar-refractivity contribution >= 4 is 33.4 Å². The van der Waals surface area contributed by atoms with E-state index in [0.29, 0.717) is 46.5 Å². The molecule has 0 amide bonds. The molecule has 0 aromatic heterocycles. The number of aliphatic imine (C=N–C) groups is 1. The number of nitrogens with zero attached hydrogens (tertiary/aromatic N) is 1.